The van der Waals surface area contributed by atoms with E-state index < -0.39 is 0 Å². The van der Waals surface area contributed by atoms with Crippen molar-refractivity contribution >= 4 is 23.2 Å². The summed E-state index contributed by atoms with van der Waals surface area (Å²) in [6.07, 6.45) is 5.99. The summed E-state index contributed by atoms with van der Waals surface area (Å²) in [5, 5.41) is 0.832. The number of benzene rings is 1. The van der Waals surface area contributed by atoms with Crippen molar-refractivity contribution in [1.29, 1.82) is 0 Å². The van der Waals surface area contributed by atoms with Crippen molar-refractivity contribution in [1.82, 2.24) is 0 Å². The zero-order valence-corrected chi connectivity index (χ0v) is 8.85. The third kappa shape index (κ3) is 3.84. The molecule has 0 nitrogen and oxygen atoms in total. The highest BCUT2D eigenvalue weighted by molar-refractivity contribution is 6.31. The van der Waals surface area contributed by atoms with Gasteiger partial charge in [0.25, 0.3) is 0 Å². The Morgan fingerprint density at radius 3 is 2.62 bits per heavy atom. The van der Waals surface area contributed by atoms with E-state index in [2.05, 4.69) is 12.2 Å². The van der Waals surface area contributed by atoms with E-state index >= 15 is 0 Å². The molecule has 0 bridgehead atoms. The topological polar surface area (TPSA) is 0 Å². The molecule has 0 unspecified atom stereocenters. The van der Waals surface area contributed by atoms with Crippen LogP contribution < -0.4 is 0 Å². The van der Waals surface area contributed by atoms with Crippen LogP contribution in [0.1, 0.15) is 12.0 Å². The van der Waals surface area contributed by atoms with Crippen LogP contribution in [0.4, 0.5) is 0 Å². The summed E-state index contributed by atoms with van der Waals surface area (Å²) in [4.78, 5) is 0. The van der Waals surface area contributed by atoms with Crippen molar-refractivity contribution < 1.29 is 0 Å². The first-order valence-corrected chi connectivity index (χ1v) is 5.20. The van der Waals surface area contributed by atoms with Crippen molar-refractivity contribution in [2.75, 3.05) is 5.88 Å². The van der Waals surface area contributed by atoms with E-state index in [1.54, 1.807) is 0 Å². The number of rotatable bonds is 4. The van der Waals surface area contributed by atoms with Gasteiger partial charge in [0.15, 0.2) is 0 Å². The maximum atomic E-state index is 5.98. The lowest BCUT2D eigenvalue weighted by molar-refractivity contribution is 1.18. The molecule has 0 aliphatic heterocycles. The molecule has 0 saturated heterocycles. The number of hydrogen-bond donors (Lipinski definition) is 0. The van der Waals surface area contributed by atoms with Crippen molar-refractivity contribution in [3.05, 3.63) is 47.0 Å². The molecular weight excluding hydrogens is 203 g/mol. The van der Waals surface area contributed by atoms with Crippen molar-refractivity contribution in [2.24, 2.45) is 0 Å². The normalized spacial score (nSPS) is 10.9. The number of allylic oxidation sites excluding steroid dienone is 2. The lowest BCUT2D eigenvalue weighted by atomic mass is 10.1. The fraction of sp³-hybridized carbons (Fsp3) is 0.273. The van der Waals surface area contributed by atoms with Crippen LogP contribution in [0.15, 0.2) is 36.4 Å². The van der Waals surface area contributed by atoms with Gasteiger partial charge in [-0.25, -0.2) is 0 Å². The van der Waals surface area contributed by atoms with Gasteiger partial charge in [-0.2, -0.15) is 0 Å². The van der Waals surface area contributed by atoms with Gasteiger partial charge in [-0.05, 0) is 24.5 Å². The molecule has 13 heavy (non-hydrogen) atoms. The summed E-state index contributed by atoms with van der Waals surface area (Å²) >= 11 is 11.5. The summed E-state index contributed by atoms with van der Waals surface area (Å²) in [5.74, 6) is 0.680. The first-order valence-electron chi connectivity index (χ1n) is 4.29. The molecule has 0 fully saturated rings. The average molecular weight is 215 g/mol. The molecule has 0 heterocycles. The maximum Gasteiger partial charge on any atom is 0.0441 e. The van der Waals surface area contributed by atoms with Crippen LogP contribution in [-0.2, 0) is 6.42 Å². The predicted octanol–water partition coefficient (Wildman–Crippen LogP) is 4.07. The fourth-order valence-corrected chi connectivity index (χ4v) is 1.39. The second kappa shape index (κ2) is 6.06. The first-order chi connectivity index (χ1) is 6.34. The summed E-state index contributed by atoms with van der Waals surface area (Å²) in [6.45, 7) is 0. The zero-order chi connectivity index (χ0) is 9.52. The second-order valence-corrected chi connectivity index (χ2v) is 3.53. The minimum absolute atomic E-state index is 0.680. The molecule has 0 aromatic heterocycles. The average Bonchev–Trinajstić information content (AvgIpc) is 2.15. The quantitative estimate of drug-likeness (QED) is 0.524. The Balaban J connectivity index is 2.49. The van der Waals surface area contributed by atoms with E-state index in [-0.39, 0.29) is 0 Å². The molecule has 0 saturated carbocycles. The van der Waals surface area contributed by atoms with E-state index in [0.717, 1.165) is 23.4 Å². The lowest BCUT2D eigenvalue weighted by Crippen LogP contribution is -1.81. The van der Waals surface area contributed by atoms with Crippen LogP contribution in [0.3, 0.4) is 0 Å². The molecule has 0 atom stereocenters. The molecule has 70 valence electrons. The molecule has 0 aliphatic carbocycles. The van der Waals surface area contributed by atoms with Crippen molar-refractivity contribution in [3.63, 3.8) is 0 Å². The summed E-state index contributed by atoms with van der Waals surface area (Å²) in [5.41, 5.74) is 1.16. The second-order valence-electron chi connectivity index (χ2n) is 2.74. The van der Waals surface area contributed by atoms with Gasteiger partial charge in [-0.3, -0.25) is 0 Å². The maximum absolute atomic E-state index is 5.98. The molecule has 0 aliphatic rings. The molecule has 1 aromatic carbocycles. The van der Waals surface area contributed by atoms with Crippen LogP contribution in [-0.4, -0.2) is 5.88 Å². The molecule has 0 radical (unpaired) electrons. The van der Waals surface area contributed by atoms with E-state index in [1.165, 1.54) is 0 Å². The monoisotopic (exact) mass is 214 g/mol. The Labute approximate surface area is 89.2 Å². The molecule has 2 heteroatoms. The van der Waals surface area contributed by atoms with Crippen LogP contribution in [0.5, 0.6) is 0 Å². The summed E-state index contributed by atoms with van der Waals surface area (Å²) in [6, 6.07) is 7.88. The molecule has 0 spiro atoms. The standard InChI is InChI=1S/C11H12Cl2/c12-9-5-1-2-6-10-7-3-4-8-11(10)13/h1-4,7-8H,5-6,9H2. The first kappa shape index (κ1) is 10.6. The SMILES string of the molecule is ClCCC=CCc1ccccc1Cl. The number of hydrogen-bond acceptors (Lipinski definition) is 0. The van der Waals surface area contributed by atoms with Gasteiger partial charge in [-0.15, -0.1) is 11.6 Å². The Morgan fingerprint density at radius 2 is 1.92 bits per heavy atom. The van der Waals surface area contributed by atoms with Gasteiger partial charge in [0.1, 0.15) is 0 Å². The highest BCUT2D eigenvalue weighted by atomic mass is 35.5. The third-order valence-corrected chi connectivity index (χ3v) is 2.32. The van der Waals surface area contributed by atoms with Gasteiger partial charge in [0, 0.05) is 10.9 Å². The van der Waals surface area contributed by atoms with Crippen LogP contribution in [0, 0.1) is 0 Å². The van der Waals surface area contributed by atoms with Gasteiger partial charge in [0.05, 0.1) is 0 Å². The summed E-state index contributed by atoms with van der Waals surface area (Å²) in [7, 11) is 0. The van der Waals surface area contributed by atoms with E-state index in [0.29, 0.717) is 5.88 Å². The van der Waals surface area contributed by atoms with Gasteiger partial charge in [-0.1, -0.05) is 42.0 Å². The minimum atomic E-state index is 0.680. The van der Waals surface area contributed by atoms with Crippen LogP contribution >= 0.6 is 23.2 Å². The van der Waals surface area contributed by atoms with Gasteiger partial charge in [0.2, 0.25) is 0 Å². The summed E-state index contributed by atoms with van der Waals surface area (Å²) < 4.78 is 0. The van der Waals surface area contributed by atoms with Crippen molar-refractivity contribution in [2.45, 2.75) is 12.8 Å². The van der Waals surface area contributed by atoms with Crippen molar-refractivity contribution in [3.8, 4) is 0 Å². The molecule has 0 amide bonds. The van der Waals surface area contributed by atoms with E-state index in [4.69, 9.17) is 23.2 Å². The Bertz CT molecular complexity index is 279. The van der Waals surface area contributed by atoms with Gasteiger partial charge >= 0.3 is 0 Å². The third-order valence-electron chi connectivity index (χ3n) is 1.74. The Morgan fingerprint density at radius 1 is 1.15 bits per heavy atom. The predicted molar refractivity (Wildman–Crippen MR) is 59.6 cm³/mol. The van der Waals surface area contributed by atoms with E-state index in [1.807, 2.05) is 24.3 Å². The minimum Gasteiger partial charge on any atom is -0.126 e. The zero-order valence-electron chi connectivity index (χ0n) is 7.34. The van der Waals surface area contributed by atoms with Crippen LogP contribution in [0.25, 0.3) is 0 Å². The molecule has 1 aromatic rings. The highest BCUT2D eigenvalue weighted by Crippen LogP contribution is 2.15. The highest BCUT2D eigenvalue weighted by Gasteiger charge is 1.94. The number of halogens is 2. The van der Waals surface area contributed by atoms with Crippen LogP contribution in [0.2, 0.25) is 5.02 Å². The van der Waals surface area contributed by atoms with E-state index in [9.17, 15) is 0 Å². The Kier molecular flexibility index (Phi) is 4.95. The fourth-order valence-electron chi connectivity index (χ4n) is 1.06. The Hall–Kier alpha value is -0.460. The molecule has 1 rings (SSSR count). The van der Waals surface area contributed by atoms with Gasteiger partial charge < -0.3 is 0 Å². The largest absolute Gasteiger partial charge is 0.126 e. The smallest absolute Gasteiger partial charge is 0.0441 e. The lowest BCUT2D eigenvalue weighted by Gasteiger charge is -1.98. The number of alkyl halides is 1. The molecule has 0 N–H and O–H groups in total. The molecular formula is C11H12Cl2.